The Morgan fingerprint density at radius 3 is 2.52 bits per heavy atom. The van der Waals surface area contributed by atoms with Crippen molar-refractivity contribution in [2.45, 2.75) is 19.5 Å². The van der Waals surface area contributed by atoms with E-state index in [9.17, 15) is 14.4 Å². The van der Waals surface area contributed by atoms with Gasteiger partial charge in [0.25, 0.3) is 11.5 Å². The molecule has 1 amide bonds. The van der Waals surface area contributed by atoms with Crippen molar-refractivity contribution in [3.8, 4) is 0 Å². The van der Waals surface area contributed by atoms with Gasteiger partial charge in [0.15, 0.2) is 6.61 Å². The van der Waals surface area contributed by atoms with Crippen LogP contribution in [0.1, 0.15) is 18.5 Å². The zero-order valence-electron chi connectivity index (χ0n) is 12.8. The predicted molar refractivity (Wildman–Crippen MR) is 84.7 cm³/mol. The monoisotopic (exact) mass is 314 g/mol. The number of aromatic nitrogens is 1. The standard InChI is InChI=1S/C17H18N2O4/c1-13(14-7-3-2-4-8-14)18-15(20)12-23-17(22)11-19-10-6-5-9-16(19)21/h2-10,13H,11-12H2,1H3,(H,18,20)/t13-/m1/s1. The van der Waals surface area contributed by atoms with Crippen LogP contribution in [0.5, 0.6) is 0 Å². The van der Waals surface area contributed by atoms with Crippen molar-refractivity contribution < 1.29 is 14.3 Å². The van der Waals surface area contributed by atoms with Crippen LogP contribution in [-0.2, 0) is 20.9 Å². The van der Waals surface area contributed by atoms with Crippen LogP contribution in [0.4, 0.5) is 0 Å². The molecule has 6 nitrogen and oxygen atoms in total. The molecule has 2 rings (SSSR count). The summed E-state index contributed by atoms with van der Waals surface area (Å²) >= 11 is 0. The average Bonchev–Trinajstić information content (AvgIpc) is 2.56. The van der Waals surface area contributed by atoms with E-state index in [1.54, 1.807) is 12.1 Å². The predicted octanol–water partition coefficient (Wildman–Crippen LogP) is 1.27. The molecule has 1 aromatic carbocycles. The van der Waals surface area contributed by atoms with Crippen molar-refractivity contribution in [1.29, 1.82) is 0 Å². The van der Waals surface area contributed by atoms with Crippen molar-refractivity contribution in [2.24, 2.45) is 0 Å². The van der Waals surface area contributed by atoms with E-state index in [2.05, 4.69) is 5.32 Å². The molecular formula is C17H18N2O4. The number of ether oxygens (including phenoxy) is 1. The molecule has 2 aromatic rings. The van der Waals surface area contributed by atoms with Crippen LogP contribution in [0.3, 0.4) is 0 Å². The minimum Gasteiger partial charge on any atom is -0.454 e. The summed E-state index contributed by atoms with van der Waals surface area (Å²) in [4.78, 5) is 34.9. The van der Waals surface area contributed by atoms with Gasteiger partial charge in [0.05, 0.1) is 6.04 Å². The van der Waals surface area contributed by atoms with Crippen LogP contribution < -0.4 is 10.9 Å². The minimum atomic E-state index is -0.638. The van der Waals surface area contributed by atoms with Gasteiger partial charge in [-0.2, -0.15) is 0 Å². The number of rotatable bonds is 6. The molecule has 0 aliphatic carbocycles. The first kappa shape index (κ1) is 16.5. The van der Waals surface area contributed by atoms with E-state index in [0.29, 0.717) is 0 Å². The molecule has 0 fully saturated rings. The number of amides is 1. The number of carbonyl (C=O) groups excluding carboxylic acids is 2. The highest BCUT2D eigenvalue weighted by Crippen LogP contribution is 2.10. The largest absolute Gasteiger partial charge is 0.454 e. The van der Waals surface area contributed by atoms with Gasteiger partial charge in [-0.1, -0.05) is 36.4 Å². The van der Waals surface area contributed by atoms with Crippen molar-refractivity contribution in [3.05, 3.63) is 70.6 Å². The SMILES string of the molecule is C[C@@H](NC(=O)COC(=O)Cn1ccccc1=O)c1ccccc1. The highest BCUT2D eigenvalue weighted by atomic mass is 16.5. The second-order valence-electron chi connectivity index (χ2n) is 5.03. The van der Waals surface area contributed by atoms with Crippen molar-refractivity contribution in [2.75, 3.05) is 6.61 Å². The van der Waals surface area contributed by atoms with E-state index in [-0.39, 0.29) is 24.8 Å². The number of nitrogens with zero attached hydrogens (tertiary/aromatic N) is 1. The third-order valence-corrected chi connectivity index (χ3v) is 3.24. The molecule has 1 atom stereocenters. The van der Waals surface area contributed by atoms with Crippen molar-refractivity contribution >= 4 is 11.9 Å². The van der Waals surface area contributed by atoms with Gasteiger partial charge in [0.2, 0.25) is 0 Å². The van der Waals surface area contributed by atoms with Crippen LogP contribution in [0.25, 0.3) is 0 Å². The molecule has 120 valence electrons. The smallest absolute Gasteiger partial charge is 0.326 e. The zero-order chi connectivity index (χ0) is 16.7. The normalized spacial score (nSPS) is 11.5. The van der Waals surface area contributed by atoms with E-state index in [1.165, 1.54) is 16.8 Å². The summed E-state index contributed by atoms with van der Waals surface area (Å²) in [6.07, 6.45) is 1.49. The van der Waals surface area contributed by atoms with Crippen LogP contribution in [0, 0.1) is 0 Å². The van der Waals surface area contributed by atoms with E-state index in [1.807, 2.05) is 37.3 Å². The molecule has 1 aromatic heterocycles. The Morgan fingerprint density at radius 2 is 1.83 bits per heavy atom. The molecule has 0 saturated heterocycles. The fourth-order valence-corrected chi connectivity index (χ4v) is 2.03. The first-order valence-corrected chi connectivity index (χ1v) is 7.21. The Bertz CT molecular complexity index is 725. The minimum absolute atomic E-state index is 0.181. The maximum atomic E-state index is 11.8. The maximum Gasteiger partial charge on any atom is 0.326 e. The fourth-order valence-electron chi connectivity index (χ4n) is 2.03. The first-order chi connectivity index (χ1) is 11.1. The molecule has 1 N–H and O–H groups in total. The topological polar surface area (TPSA) is 77.4 Å². The lowest BCUT2D eigenvalue weighted by Crippen LogP contribution is -2.32. The molecule has 6 heteroatoms. The van der Waals surface area contributed by atoms with Gasteiger partial charge in [-0.05, 0) is 18.6 Å². The van der Waals surface area contributed by atoms with E-state index >= 15 is 0 Å². The van der Waals surface area contributed by atoms with Gasteiger partial charge in [-0.15, -0.1) is 0 Å². The number of nitrogens with one attached hydrogen (secondary N) is 1. The van der Waals surface area contributed by atoms with E-state index in [4.69, 9.17) is 4.74 Å². The van der Waals surface area contributed by atoms with Crippen LogP contribution in [-0.4, -0.2) is 23.1 Å². The second-order valence-corrected chi connectivity index (χ2v) is 5.03. The lowest BCUT2D eigenvalue weighted by atomic mass is 10.1. The number of carbonyl (C=O) groups is 2. The molecule has 0 spiro atoms. The molecule has 1 heterocycles. The zero-order valence-corrected chi connectivity index (χ0v) is 12.8. The Kier molecular flexibility index (Phi) is 5.68. The van der Waals surface area contributed by atoms with E-state index in [0.717, 1.165) is 5.56 Å². The summed E-state index contributed by atoms with van der Waals surface area (Å²) in [6.45, 7) is 1.25. The van der Waals surface area contributed by atoms with Gasteiger partial charge in [0, 0.05) is 12.3 Å². The van der Waals surface area contributed by atoms with E-state index < -0.39 is 11.9 Å². The third-order valence-electron chi connectivity index (χ3n) is 3.24. The highest BCUT2D eigenvalue weighted by molar-refractivity contribution is 5.80. The van der Waals surface area contributed by atoms with Gasteiger partial charge in [-0.25, -0.2) is 0 Å². The van der Waals surface area contributed by atoms with Gasteiger partial charge in [0.1, 0.15) is 6.54 Å². The molecule has 0 unspecified atom stereocenters. The number of benzene rings is 1. The fraction of sp³-hybridized carbons (Fsp3) is 0.235. The lowest BCUT2D eigenvalue weighted by molar-refractivity contribution is -0.149. The molecule has 0 radical (unpaired) electrons. The van der Waals surface area contributed by atoms with Gasteiger partial charge in [-0.3, -0.25) is 14.4 Å². The Labute approximate surface area is 133 Å². The number of hydrogen-bond donors (Lipinski definition) is 1. The summed E-state index contributed by atoms with van der Waals surface area (Å²) in [5, 5.41) is 2.74. The summed E-state index contributed by atoms with van der Waals surface area (Å²) in [6, 6.07) is 13.9. The molecule has 0 aliphatic heterocycles. The van der Waals surface area contributed by atoms with Crippen LogP contribution in [0.15, 0.2) is 59.5 Å². The number of hydrogen-bond acceptors (Lipinski definition) is 4. The van der Waals surface area contributed by atoms with Crippen LogP contribution >= 0.6 is 0 Å². The number of pyridine rings is 1. The lowest BCUT2D eigenvalue weighted by Gasteiger charge is -2.14. The maximum absolute atomic E-state index is 11.8. The summed E-state index contributed by atoms with van der Waals surface area (Å²) < 4.78 is 6.10. The molecule has 0 saturated carbocycles. The Morgan fingerprint density at radius 1 is 1.13 bits per heavy atom. The molecular weight excluding hydrogens is 296 g/mol. The first-order valence-electron chi connectivity index (χ1n) is 7.21. The van der Waals surface area contributed by atoms with Crippen molar-refractivity contribution in [1.82, 2.24) is 9.88 Å². The quantitative estimate of drug-likeness (QED) is 0.815. The summed E-state index contributed by atoms with van der Waals surface area (Å²) in [5.41, 5.74) is 0.662. The Balaban J connectivity index is 1.79. The second kappa shape index (κ2) is 7.93. The van der Waals surface area contributed by atoms with Gasteiger partial charge >= 0.3 is 5.97 Å². The number of esters is 1. The Hall–Kier alpha value is -2.89. The van der Waals surface area contributed by atoms with Crippen molar-refractivity contribution in [3.63, 3.8) is 0 Å². The molecule has 0 bridgehead atoms. The van der Waals surface area contributed by atoms with Gasteiger partial charge < -0.3 is 14.6 Å². The van der Waals surface area contributed by atoms with Crippen LogP contribution in [0.2, 0.25) is 0 Å². The molecule has 23 heavy (non-hydrogen) atoms. The summed E-state index contributed by atoms with van der Waals surface area (Å²) in [7, 11) is 0. The summed E-state index contributed by atoms with van der Waals surface area (Å²) in [5.74, 6) is -1.03. The highest BCUT2D eigenvalue weighted by Gasteiger charge is 2.12. The molecule has 0 aliphatic rings. The average molecular weight is 314 g/mol. The third kappa shape index (κ3) is 5.10.